The number of hydrogen-bond donors (Lipinski definition) is 1. The SMILES string of the molecule is O=C(Nc1cncc(Br)c1)c1cccc(F)c1. The lowest BCUT2D eigenvalue weighted by Gasteiger charge is -2.05. The second-order valence-corrected chi connectivity index (χ2v) is 4.27. The zero-order valence-electron chi connectivity index (χ0n) is 8.65. The number of amides is 1. The van der Waals surface area contributed by atoms with Gasteiger partial charge >= 0.3 is 0 Å². The van der Waals surface area contributed by atoms with Gasteiger partial charge in [-0.15, -0.1) is 0 Å². The molecule has 3 nitrogen and oxygen atoms in total. The summed E-state index contributed by atoms with van der Waals surface area (Å²) < 4.78 is 13.7. The number of anilines is 1. The Morgan fingerprint density at radius 2 is 2.12 bits per heavy atom. The summed E-state index contributed by atoms with van der Waals surface area (Å²) in [6.45, 7) is 0. The minimum absolute atomic E-state index is 0.268. The van der Waals surface area contributed by atoms with Crippen LogP contribution in [0.3, 0.4) is 0 Å². The topological polar surface area (TPSA) is 42.0 Å². The quantitative estimate of drug-likeness (QED) is 0.924. The van der Waals surface area contributed by atoms with E-state index in [4.69, 9.17) is 0 Å². The van der Waals surface area contributed by atoms with E-state index in [0.717, 1.165) is 4.47 Å². The summed E-state index contributed by atoms with van der Waals surface area (Å²) in [5.74, 6) is -0.811. The van der Waals surface area contributed by atoms with Crippen molar-refractivity contribution in [2.75, 3.05) is 5.32 Å². The highest BCUT2D eigenvalue weighted by Crippen LogP contribution is 2.14. The summed E-state index contributed by atoms with van der Waals surface area (Å²) >= 11 is 3.25. The molecule has 2 rings (SSSR count). The first-order valence-electron chi connectivity index (χ1n) is 4.82. The predicted octanol–water partition coefficient (Wildman–Crippen LogP) is 3.24. The van der Waals surface area contributed by atoms with Gasteiger partial charge in [-0.05, 0) is 40.2 Å². The molecular weight excluding hydrogens is 287 g/mol. The number of halogens is 2. The van der Waals surface area contributed by atoms with Crippen LogP contribution in [0.2, 0.25) is 0 Å². The zero-order valence-corrected chi connectivity index (χ0v) is 10.2. The molecule has 17 heavy (non-hydrogen) atoms. The molecule has 0 saturated heterocycles. The highest BCUT2D eigenvalue weighted by molar-refractivity contribution is 9.10. The van der Waals surface area contributed by atoms with Crippen LogP contribution in [0.5, 0.6) is 0 Å². The number of rotatable bonds is 2. The van der Waals surface area contributed by atoms with E-state index < -0.39 is 5.82 Å². The van der Waals surface area contributed by atoms with Gasteiger partial charge in [0.1, 0.15) is 5.82 Å². The third-order valence-corrected chi connectivity index (χ3v) is 2.48. The average molecular weight is 295 g/mol. The van der Waals surface area contributed by atoms with E-state index in [-0.39, 0.29) is 11.5 Å². The van der Waals surface area contributed by atoms with E-state index in [0.29, 0.717) is 5.69 Å². The van der Waals surface area contributed by atoms with Crippen LogP contribution in [0.15, 0.2) is 47.2 Å². The van der Waals surface area contributed by atoms with Gasteiger partial charge in [0.15, 0.2) is 0 Å². The average Bonchev–Trinajstić information content (AvgIpc) is 2.29. The molecule has 0 fully saturated rings. The minimum Gasteiger partial charge on any atom is -0.321 e. The van der Waals surface area contributed by atoms with Crippen molar-refractivity contribution >= 4 is 27.5 Å². The normalized spacial score (nSPS) is 10.0. The monoisotopic (exact) mass is 294 g/mol. The molecule has 86 valence electrons. The molecule has 2 aromatic rings. The Bertz CT molecular complexity index is 560. The molecule has 5 heteroatoms. The van der Waals surface area contributed by atoms with Gasteiger partial charge in [0, 0.05) is 16.2 Å². The van der Waals surface area contributed by atoms with Gasteiger partial charge in [0.25, 0.3) is 5.91 Å². The largest absolute Gasteiger partial charge is 0.321 e. The van der Waals surface area contributed by atoms with Gasteiger partial charge in [0.2, 0.25) is 0 Å². The first kappa shape index (κ1) is 11.7. The number of nitrogens with zero attached hydrogens (tertiary/aromatic N) is 1. The van der Waals surface area contributed by atoms with E-state index >= 15 is 0 Å². The predicted molar refractivity (Wildman–Crippen MR) is 66.3 cm³/mol. The summed E-state index contributed by atoms with van der Waals surface area (Å²) in [7, 11) is 0. The molecule has 0 aliphatic rings. The number of aromatic nitrogens is 1. The lowest BCUT2D eigenvalue weighted by atomic mass is 10.2. The molecule has 1 amide bonds. The number of benzene rings is 1. The molecule has 0 saturated carbocycles. The maximum absolute atomic E-state index is 12.9. The lowest BCUT2D eigenvalue weighted by molar-refractivity contribution is 0.102. The van der Waals surface area contributed by atoms with Gasteiger partial charge in [-0.1, -0.05) is 6.07 Å². The Morgan fingerprint density at radius 1 is 1.29 bits per heavy atom. The Labute approximate surface area is 106 Å². The zero-order chi connectivity index (χ0) is 12.3. The summed E-state index contributed by atoms with van der Waals surface area (Å²) in [5.41, 5.74) is 0.818. The van der Waals surface area contributed by atoms with Crippen molar-refractivity contribution in [3.8, 4) is 0 Å². The fourth-order valence-corrected chi connectivity index (χ4v) is 1.68. The van der Waals surface area contributed by atoms with Crippen molar-refractivity contribution in [1.29, 1.82) is 0 Å². The number of carbonyl (C=O) groups is 1. The molecule has 1 heterocycles. The summed E-state index contributed by atoms with van der Waals surface area (Å²) in [5, 5.41) is 2.63. The van der Waals surface area contributed by atoms with E-state index in [2.05, 4.69) is 26.2 Å². The van der Waals surface area contributed by atoms with Gasteiger partial charge in [-0.2, -0.15) is 0 Å². The van der Waals surface area contributed by atoms with Crippen molar-refractivity contribution < 1.29 is 9.18 Å². The molecular formula is C12H8BrFN2O. The van der Waals surface area contributed by atoms with Crippen LogP contribution in [-0.4, -0.2) is 10.9 Å². The van der Waals surface area contributed by atoms with E-state index in [9.17, 15) is 9.18 Å². The molecule has 0 radical (unpaired) electrons. The Balaban J connectivity index is 2.17. The van der Waals surface area contributed by atoms with Crippen LogP contribution in [0.4, 0.5) is 10.1 Å². The maximum Gasteiger partial charge on any atom is 0.255 e. The molecule has 0 unspecified atom stereocenters. The highest BCUT2D eigenvalue weighted by atomic mass is 79.9. The van der Waals surface area contributed by atoms with Crippen molar-refractivity contribution in [1.82, 2.24) is 4.98 Å². The molecule has 1 aromatic carbocycles. The Kier molecular flexibility index (Phi) is 3.49. The number of pyridine rings is 1. The summed E-state index contributed by atoms with van der Waals surface area (Å²) in [6.07, 6.45) is 3.12. The van der Waals surface area contributed by atoms with E-state index in [1.54, 1.807) is 18.3 Å². The van der Waals surface area contributed by atoms with E-state index in [1.165, 1.54) is 24.4 Å². The molecule has 0 aliphatic heterocycles. The first-order valence-corrected chi connectivity index (χ1v) is 5.62. The fourth-order valence-electron chi connectivity index (χ4n) is 1.31. The summed E-state index contributed by atoms with van der Waals surface area (Å²) in [6, 6.07) is 7.22. The third-order valence-electron chi connectivity index (χ3n) is 2.05. The molecule has 0 spiro atoms. The smallest absolute Gasteiger partial charge is 0.255 e. The summed E-state index contributed by atoms with van der Waals surface area (Å²) in [4.78, 5) is 15.7. The fraction of sp³-hybridized carbons (Fsp3) is 0. The number of hydrogen-bond acceptors (Lipinski definition) is 2. The van der Waals surface area contributed by atoms with Gasteiger partial charge in [-0.3, -0.25) is 9.78 Å². The van der Waals surface area contributed by atoms with Crippen LogP contribution in [0, 0.1) is 5.82 Å². The molecule has 0 atom stereocenters. The van der Waals surface area contributed by atoms with E-state index in [1.807, 2.05) is 0 Å². The second-order valence-electron chi connectivity index (χ2n) is 3.36. The minimum atomic E-state index is -0.440. The maximum atomic E-state index is 12.9. The van der Waals surface area contributed by atoms with Crippen molar-refractivity contribution in [2.24, 2.45) is 0 Å². The van der Waals surface area contributed by atoms with Crippen LogP contribution in [0.25, 0.3) is 0 Å². The van der Waals surface area contributed by atoms with Gasteiger partial charge < -0.3 is 5.32 Å². The number of nitrogens with one attached hydrogen (secondary N) is 1. The molecule has 0 bridgehead atoms. The molecule has 1 N–H and O–H groups in total. The molecule has 1 aromatic heterocycles. The van der Waals surface area contributed by atoms with Crippen LogP contribution in [-0.2, 0) is 0 Å². The molecule has 0 aliphatic carbocycles. The highest BCUT2D eigenvalue weighted by Gasteiger charge is 2.07. The second kappa shape index (κ2) is 5.05. The Morgan fingerprint density at radius 3 is 2.82 bits per heavy atom. The van der Waals surface area contributed by atoms with Crippen molar-refractivity contribution in [3.63, 3.8) is 0 Å². The van der Waals surface area contributed by atoms with Crippen LogP contribution in [0.1, 0.15) is 10.4 Å². The number of carbonyl (C=O) groups excluding carboxylic acids is 1. The van der Waals surface area contributed by atoms with Gasteiger partial charge in [0.05, 0.1) is 11.9 Å². The lowest BCUT2D eigenvalue weighted by Crippen LogP contribution is -2.12. The Hall–Kier alpha value is -1.75. The van der Waals surface area contributed by atoms with Crippen molar-refractivity contribution in [3.05, 3.63) is 58.6 Å². The first-order chi connectivity index (χ1) is 8.15. The van der Waals surface area contributed by atoms with Crippen LogP contribution >= 0.6 is 15.9 Å². The van der Waals surface area contributed by atoms with Crippen molar-refractivity contribution in [2.45, 2.75) is 0 Å². The van der Waals surface area contributed by atoms with Gasteiger partial charge in [-0.25, -0.2) is 4.39 Å². The van der Waals surface area contributed by atoms with Crippen LogP contribution < -0.4 is 5.32 Å². The standard InChI is InChI=1S/C12H8BrFN2O/c13-9-5-11(7-15-6-9)16-12(17)8-2-1-3-10(14)4-8/h1-7H,(H,16,17). The third kappa shape index (κ3) is 3.10.